The molecule has 3 aromatic rings. The Morgan fingerprint density at radius 1 is 0.794 bits per heavy atom. The molecule has 0 aliphatic heterocycles. The number of nitrogens with zero attached hydrogens (tertiary/aromatic N) is 1. The van der Waals surface area contributed by atoms with Crippen LogP contribution in [0.1, 0.15) is 86.3 Å². The van der Waals surface area contributed by atoms with Gasteiger partial charge >= 0.3 is 0 Å². The van der Waals surface area contributed by atoms with Crippen molar-refractivity contribution in [2.75, 3.05) is 6.54 Å². The minimum absolute atomic E-state index is 0.0143. The second-order valence-corrected chi connectivity index (χ2v) is 9.89. The molecule has 0 saturated heterocycles. The van der Waals surface area contributed by atoms with Gasteiger partial charge in [0.1, 0.15) is 5.75 Å². The predicted molar refractivity (Wildman–Crippen MR) is 142 cm³/mol. The Bertz CT molecular complexity index is 1040. The van der Waals surface area contributed by atoms with E-state index in [-0.39, 0.29) is 23.4 Å². The Kier molecular flexibility index (Phi) is 9.06. The van der Waals surface area contributed by atoms with Crippen LogP contribution in [0.15, 0.2) is 78.9 Å². The molecular weight excluding hydrogens is 418 g/mol. The third-order valence-electron chi connectivity index (χ3n) is 6.79. The van der Waals surface area contributed by atoms with Gasteiger partial charge in [-0.25, -0.2) is 0 Å². The van der Waals surface area contributed by atoms with Crippen molar-refractivity contribution in [1.29, 1.82) is 0 Å². The smallest absolute Gasteiger partial charge is 0.163 e. The van der Waals surface area contributed by atoms with Gasteiger partial charge in [0.15, 0.2) is 5.78 Å². The first kappa shape index (κ1) is 25.7. The lowest BCUT2D eigenvalue weighted by atomic mass is 9.85. The largest absolute Gasteiger partial charge is 0.508 e. The molecule has 3 rings (SSSR count). The summed E-state index contributed by atoms with van der Waals surface area (Å²) in [6.07, 6.45) is 1.31. The number of hydrogen-bond acceptors (Lipinski definition) is 3. The SMILES string of the molecule is CC(C)N(CC[C@H](c1ccccc1)c1cc(C(=O)C[C@@H](C)c2ccccc2)ccc1O)C(C)C. The number of ketones is 1. The Morgan fingerprint density at radius 2 is 1.35 bits per heavy atom. The number of phenols is 1. The zero-order chi connectivity index (χ0) is 24.7. The molecule has 1 N–H and O–H groups in total. The standard InChI is InChI=1S/C31H39NO2/c1-22(2)32(23(3)4)19-18-28(26-14-10-7-11-15-26)29-21-27(16-17-30(29)33)31(34)20-24(5)25-12-8-6-9-13-25/h6-17,21-24,28,33H,18-20H2,1-5H3/t24-,28-/m1/s1. The van der Waals surface area contributed by atoms with Gasteiger partial charge in [-0.1, -0.05) is 67.6 Å². The number of Topliss-reactive ketones (excluding diaryl/α,β-unsaturated/α-hetero) is 1. The van der Waals surface area contributed by atoms with E-state index in [1.54, 1.807) is 12.1 Å². The Labute approximate surface area is 205 Å². The summed E-state index contributed by atoms with van der Waals surface area (Å²) in [6, 6.07) is 26.7. The number of hydrogen-bond donors (Lipinski definition) is 1. The molecule has 0 aromatic heterocycles. The predicted octanol–water partition coefficient (Wildman–Crippen LogP) is 7.41. The van der Waals surface area contributed by atoms with Crippen LogP contribution < -0.4 is 0 Å². The summed E-state index contributed by atoms with van der Waals surface area (Å²) >= 11 is 0. The molecule has 0 spiro atoms. The van der Waals surface area contributed by atoms with E-state index in [2.05, 4.69) is 63.8 Å². The van der Waals surface area contributed by atoms with Crippen LogP contribution in [0.4, 0.5) is 0 Å². The van der Waals surface area contributed by atoms with Gasteiger partial charge < -0.3 is 5.11 Å². The van der Waals surface area contributed by atoms with E-state index in [1.165, 1.54) is 5.56 Å². The van der Waals surface area contributed by atoms with Crippen LogP contribution >= 0.6 is 0 Å². The van der Waals surface area contributed by atoms with Gasteiger partial charge in [0.2, 0.25) is 0 Å². The van der Waals surface area contributed by atoms with E-state index < -0.39 is 0 Å². The van der Waals surface area contributed by atoms with E-state index >= 15 is 0 Å². The number of carbonyl (C=O) groups is 1. The van der Waals surface area contributed by atoms with Crippen molar-refractivity contribution < 1.29 is 9.90 Å². The maximum Gasteiger partial charge on any atom is 0.163 e. The van der Waals surface area contributed by atoms with Crippen LogP contribution in [0, 0.1) is 0 Å². The van der Waals surface area contributed by atoms with Crippen LogP contribution in [0.2, 0.25) is 0 Å². The molecule has 0 aliphatic carbocycles. The maximum absolute atomic E-state index is 13.2. The highest BCUT2D eigenvalue weighted by atomic mass is 16.3. The molecule has 0 amide bonds. The molecule has 34 heavy (non-hydrogen) atoms. The molecule has 0 radical (unpaired) electrons. The zero-order valence-electron chi connectivity index (χ0n) is 21.2. The number of phenolic OH excluding ortho intramolecular Hbond substituents is 1. The first-order chi connectivity index (χ1) is 16.3. The van der Waals surface area contributed by atoms with Crippen molar-refractivity contribution in [3.05, 3.63) is 101 Å². The van der Waals surface area contributed by atoms with Crippen molar-refractivity contribution >= 4 is 5.78 Å². The highest BCUT2D eigenvalue weighted by Crippen LogP contribution is 2.35. The molecule has 2 atom stereocenters. The lowest BCUT2D eigenvalue weighted by molar-refractivity contribution is 0.0975. The third-order valence-corrected chi connectivity index (χ3v) is 6.79. The topological polar surface area (TPSA) is 40.5 Å². The van der Waals surface area contributed by atoms with Crippen LogP contribution in [0.5, 0.6) is 5.75 Å². The number of aromatic hydroxyl groups is 1. The molecule has 0 heterocycles. The zero-order valence-corrected chi connectivity index (χ0v) is 21.2. The summed E-state index contributed by atoms with van der Waals surface area (Å²) in [5.74, 6) is 0.513. The minimum Gasteiger partial charge on any atom is -0.508 e. The van der Waals surface area contributed by atoms with Gasteiger partial charge in [0.05, 0.1) is 0 Å². The monoisotopic (exact) mass is 457 g/mol. The highest BCUT2D eigenvalue weighted by Gasteiger charge is 2.23. The molecule has 3 aromatic carbocycles. The quantitative estimate of drug-likeness (QED) is 0.305. The number of benzene rings is 3. The Balaban J connectivity index is 1.88. The molecule has 3 nitrogen and oxygen atoms in total. The fourth-order valence-corrected chi connectivity index (χ4v) is 4.88. The average Bonchev–Trinajstić information content (AvgIpc) is 2.83. The lowest BCUT2D eigenvalue weighted by Crippen LogP contribution is -2.38. The fourth-order valence-electron chi connectivity index (χ4n) is 4.88. The molecule has 0 fully saturated rings. The Hall–Kier alpha value is -2.91. The van der Waals surface area contributed by atoms with Crippen LogP contribution in [-0.2, 0) is 0 Å². The van der Waals surface area contributed by atoms with Gasteiger partial charge in [0, 0.05) is 35.5 Å². The van der Waals surface area contributed by atoms with Crippen LogP contribution in [0.25, 0.3) is 0 Å². The van der Waals surface area contributed by atoms with Crippen molar-refractivity contribution in [3.8, 4) is 5.75 Å². The summed E-state index contributed by atoms with van der Waals surface area (Å²) in [4.78, 5) is 15.7. The lowest BCUT2D eigenvalue weighted by Gasteiger charge is -2.32. The third kappa shape index (κ3) is 6.57. The molecular formula is C31H39NO2. The van der Waals surface area contributed by atoms with Crippen LogP contribution in [0.3, 0.4) is 0 Å². The van der Waals surface area contributed by atoms with Crippen molar-refractivity contribution in [2.45, 2.75) is 71.4 Å². The summed E-state index contributed by atoms with van der Waals surface area (Å²) in [5.41, 5.74) is 3.82. The molecule has 0 saturated carbocycles. The normalized spacial score (nSPS) is 13.4. The molecule has 180 valence electrons. The second-order valence-electron chi connectivity index (χ2n) is 9.89. The minimum atomic E-state index is 0.0143. The average molecular weight is 458 g/mol. The summed E-state index contributed by atoms with van der Waals surface area (Å²) in [5, 5.41) is 10.9. The van der Waals surface area contributed by atoms with Gasteiger partial charge in [-0.05, 0) is 75.9 Å². The molecule has 0 aliphatic rings. The van der Waals surface area contributed by atoms with Crippen molar-refractivity contribution in [1.82, 2.24) is 4.90 Å². The van der Waals surface area contributed by atoms with E-state index in [0.29, 0.717) is 24.1 Å². The van der Waals surface area contributed by atoms with Gasteiger partial charge in [-0.2, -0.15) is 0 Å². The van der Waals surface area contributed by atoms with E-state index in [4.69, 9.17) is 0 Å². The Morgan fingerprint density at radius 3 is 1.91 bits per heavy atom. The van der Waals surface area contributed by atoms with Crippen molar-refractivity contribution in [2.24, 2.45) is 0 Å². The van der Waals surface area contributed by atoms with Gasteiger partial charge in [-0.15, -0.1) is 0 Å². The maximum atomic E-state index is 13.2. The van der Waals surface area contributed by atoms with E-state index in [1.807, 2.05) is 42.5 Å². The van der Waals surface area contributed by atoms with E-state index in [0.717, 1.165) is 24.1 Å². The fraction of sp³-hybridized carbons (Fsp3) is 0.387. The van der Waals surface area contributed by atoms with Crippen LogP contribution in [-0.4, -0.2) is 34.4 Å². The van der Waals surface area contributed by atoms with Gasteiger partial charge in [-0.3, -0.25) is 9.69 Å². The number of rotatable bonds is 11. The molecule has 0 bridgehead atoms. The highest BCUT2D eigenvalue weighted by molar-refractivity contribution is 5.97. The first-order valence-electron chi connectivity index (χ1n) is 12.5. The molecule has 0 unspecified atom stereocenters. The number of carbonyl (C=O) groups excluding carboxylic acids is 1. The summed E-state index contributed by atoms with van der Waals surface area (Å²) in [6.45, 7) is 11.9. The van der Waals surface area contributed by atoms with Gasteiger partial charge in [0.25, 0.3) is 0 Å². The first-order valence-corrected chi connectivity index (χ1v) is 12.5. The summed E-state index contributed by atoms with van der Waals surface area (Å²) in [7, 11) is 0. The second kappa shape index (κ2) is 12.0. The summed E-state index contributed by atoms with van der Waals surface area (Å²) < 4.78 is 0. The molecule has 3 heteroatoms. The van der Waals surface area contributed by atoms with E-state index in [9.17, 15) is 9.90 Å². The van der Waals surface area contributed by atoms with Crippen molar-refractivity contribution in [3.63, 3.8) is 0 Å².